The highest BCUT2D eigenvalue weighted by molar-refractivity contribution is 5.79. The highest BCUT2D eigenvalue weighted by atomic mass is 16.5. The third-order valence-electron chi connectivity index (χ3n) is 5.87. The van der Waals surface area contributed by atoms with Crippen molar-refractivity contribution in [3.63, 3.8) is 0 Å². The lowest BCUT2D eigenvalue weighted by Gasteiger charge is -2.34. The maximum absolute atomic E-state index is 12.8. The second-order valence-electron chi connectivity index (χ2n) is 7.67. The Morgan fingerprint density at radius 3 is 2.81 bits per heavy atom. The van der Waals surface area contributed by atoms with Crippen LogP contribution in [0.2, 0.25) is 0 Å². The summed E-state index contributed by atoms with van der Waals surface area (Å²) in [6.07, 6.45) is 10.3. The number of hydrogen-bond acceptors (Lipinski definition) is 4. The highest BCUT2D eigenvalue weighted by Crippen LogP contribution is 2.31. The Morgan fingerprint density at radius 2 is 2.00 bits per heavy atom. The van der Waals surface area contributed by atoms with Gasteiger partial charge in [-0.2, -0.15) is 0 Å². The van der Waals surface area contributed by atoms with Crippen molar-refractivity contribution < 1.29 is 9.53 Å². The molecule has 4 rings (SSSR count). The van der Waals surface area contributed by atoms with Gasteiger partial charge in [0.1, 0.15) is 5.75 Å². The second kappa shape index (κ2) is 8.07. The molecule has 1 amide bonds. The van der Waals surface area contributed by atoms with Gasteiger partial charge in [0.2, 0.25) is 5.91 Å². The maximum atomic E-state index is 12.8. The van der Waals surface area contributed by atoms with Crippen molar-refractivity contribution in [2.75, 3.05) is 20.2 Å². The van der Waals surface area contributed by atoms with E-state index in [-0.39, 0.29) is 11.8 Å². The molecule has 0 unspecified atom stereocenters. The van der Waals surface area contributed by atoms with E-state index in [1.165, 1.54) is 12.8 Å². The van der Waals surface area contributed by atoms with Crippen LogP contribution in [0.4, 0.5) is 0 Å². The van der Waals surface area contributed by atoms with E-state index >= 15 is 0 Å². The van der Waals surface area contributed by atoms with Gasteiger partial charge in [0.05, 0.1) is 24.7 Å². The molecule has 2 aromatic rings. The third-order valence-corrected chi connectivity index (χ3v) is 5.87. The molecule has 1 aromatic carbocycles. The van der Waals surface area contributed by atoms with Gasteiger partial charge in [-0.3, -0.25) is 9.78 Å². The summed E-state index contributed by atoms with van der Waals surface area (Å²) in [5.41, 5.74) is 2.84. The van der Waals surface area contributed by atoms with Gasteiger partial charge in [0.25, 0.3) is 0 Å². The van der Waals surface area contributed by atoms with Crippen LogP contribution < -0.4 is 4.74 Å². The van der Waals surface area contributed by atoms with E-state index in [0.717, 1.165) is 61.5 Å². The molecule has 27 heavy (non-hydrogen) atoms. The predicted octanol–water partition coefficient (Wildman–Crippen LogP) is 4.05. The van der Waals surface area contributed by atoms with Gasteiger partial charge >= 0.3 is 0 Å². The summed E-state index contributed by atoms with van der Waals surface area (Å²) in [7, 11) is 1.67. The van der Waals surface area contributed by atoms with E-state index in [0.29, 0.717) is 5.91 Å². The molecule has 1 saturated heterocycles. The fraction of sp³-hybridized carbons (Fsp3) is 0.500. The SMILES string of the molecule is COc1cccc(-c2cncc([C@@H]3CCCN(C(=O)C4CCCC4)C3)n2)c1. The number of aromatic nitrogens is 2. The standard InChI is InChI=1S/C22H27N3O2/c1-27-19-10-4-8-17(12-19)20-13-23-14-21(24-20)18-9-5-11-25(15-18)22(26)16-6-2-3-7-16/h4,8,10,12-14,16,18H,2-3,5-7,9,11,15H2,1H3/t18-/m1/s1. The Hall–Kier alpha value is -2.43. The summed E-state index contributed by atoms with van der Waals surface area (Å²) in [6, 6.07) is 7.89. The molecule has 0 radical (unpaired) electrons. The van der Waals surface area contributed by atoms with Gasteiger partial charge in [-0.1, -0.05) is 25.0 Å². The Morgan fingerprint density at radius 1 is 1.15 bits per heavy atom. The zero-order valence-corrected chi connectivity index (χ0v) is 15.9. The minimum absolute atomic E-state index is 0.248. The zero-order chi connectivity index (χ0) is 18.6. The van der Waals surface area contributed by atoms with Crippen LogP contribution in [0.15, 0.2) is 36.7 Å². The van der Waals surface area contributed by atoms with E-state index in [9.17, 15) is 4.79 Å². The summed E-state index contributed by atoms with van der Waals surface area (Å²) in [4.78, 5) is 24.2. The van der Waals surface area contributed by atoms with Gasteiger partial charge in [-0.25, -0.2) is 4.98 Å². The number of likely N-dealkylation sites (tertiary alicyclic amines) is 1. The number of carbonyl (C=O) groups excluding carboxylic acids is 1. The second-order valence-corrected chi connectivity index (χ2v) is 7.67. The van der Waals surface area contributed by atoms with E-state index in [4.69, 9.17) is 9.72 Å². The topological polar surface area (TPSA) is 55.3 Å². The number of nitrogens with zero attached hydrogens (tertiary/aromatic N) is 3. The normalized spacial score (nSPS) is 20.6. The summed E-state index contributed by atoms with van der Waals surface area (Å²) in [5.74, 6) is 1.68. The van der Waals surface area contributed by atoms with E-state index in [1.54, 1.807) is 13.3 Å². The molecule has 0 N–H and O–H groups in total. The van der Waals surface area contributed by atoms with Crippen LogP contribution in [0, 0.1) is 5.92 Å². The van der Waals surface area contributed by atoms with Crippen LogP contribution in [0.1, 0.15) is 50.1 Å². The minimum atomic E-state index is 0.248. The summed E-state index contributed by atoms with van der Waals surface area (Å²) >= 11 is 0. The molecule has 1 saturated carbocycles. The monoisotopic (exact) mass is 365 g/mol. The number of carbonyl (C=O) groups is 1. The molecule has 5 heteroatoms. The summed E-state index contributed by atoms with van der Waals surface area (Å²) in [5, 5.41) is 0. The van der Waals surface area contributed by atoms with Crippen molar-refractivity contribution in [3.05, 3.63) is 42.4 Å². The molecular formula is C22H27N3O2. The first-order valence-electron chi connectivity index (χ1n) is 10.00. The molecule has 142 valence electrons. The molecule has 5 nitrogen and oxygen atoms in total. The van der Waals surface area contributed by atoms with Crippen molar-refractivity contribution in [2.24, 2.45) is 5.92 Å². The molecule has 1 aromatic heterocycles. The Balaban J connectivity index is 1.51. The number of piperidine rings is 1. The van der Waals surface area contributed by atoms with Gasteiger partial charge in [-0.15, -0.1) is 0 Å². The van der Waals surface area contributed by atoms with E-state index < -0.39 is 0 Å². The molecule has 1 atom stereocenters. The van der Waals surface area contributed by atoms with Gasteiger partial charge in [0, 0.05) is 36.7 Å². The lowest BCUT2D eigenvalue weighted by molar-refractivity contribution is -0.136. The van der Waals surface area contributed by atoms with Crippen molar-refractivity contribution in [3.8, 4) is 17.0 Å². The Kier molecular flexibility index (Phi) is 5.37. The Bertz CT molecular complexity index is 802. The van der Waals surface area contributed by atoms with Crippen LogP contribution in [0.5, 0.6) is 5.75 Å². The fourth-order valence-corrected chi connectivity index (χ4v) is 4.35. The van der Waals surface area contributed by atoms with Crippen LogP contribution in [-0.2, 0) is 4.79 Å². The third kappa shape index (κ3) is 3.97. The number of ether oxygens (including phenoxy) is 1. The van der Waals surface area contributed by atoms with Crippen LogP contribution in [-0.4, -0.2) is 41.0 Å². The average Bonchev–Trinajstić information content (AvgIpc) is 3.28. The molecule has 0 spiro atoms. The first kappa shape index (κ1) is 18.0. The van der Waals surface area contributed by atoms with Crippen LogP contribution in [0.3, 0.4) is 0 Å². The quantitative estimate of drug-likeness (QED) is 0.820. The zero-order valence-electron chi connectivity index (χ0n) is 15.9. The summed E-state index contributed by atoms with van der Waals surface area (Å²) in [6.45, 7) is 1.65. The van der Waals surface area contributed by atoms with Crippen molar-refractivity contribution in [1.29, 1.82) is 0 Å². The average molecular weight is 365 g/mol. The molecule has 2 heterocycles. The van der Waals surface area contributed by atoms with Crippen molar-refractivity contribution in [2.45, 2.75) is 44.4 Å². The highest BCUT2D eigenvalue weighted by Gasteiger charge is 2.31. The number of benzene rings is 1. The number of rotatable bonds is 4. The lowest BCUT2D eigenvalue weighted by atomic mass is 9.93. The molecule has 1 aliphatic carbocycles. The number of amides is 1. The number of methoxy groups -OCH3 is 1. The summed E-state index contributed by atoms with van der Waals surface area (Å²) < 4.78 is 5.32. The van der Waals surface area contributed by atoms with Gasteiger partial charge in [0.15, 0.2) is 0 Å². The largest absolute Gasteiger partial charge is 0.497 e. The first-order chi connectivity index (χ1) is 13.2. The number of hydrogen-bond donors (Lipinski definition) is 0. The predicted molar refractivity (Wildman–Crippen MR) is 105 cm³/mol. The first-order valence-corrected chi connectivity index (χ1v) is 10.00. The molecule has 2 fully saturated rings. The van der Waals surface area contributed by atoms with Gasteiger partial charge < -0.3 is 9.64 Å². The van der Waals surface area contributed by atoms with E-state index in [2.05, 4.69) is 9.88 Å². The smallest absolute Gasteiger partial charge is 0.225 e. The van der Waals surface area contributed by atoms with Crippen molar-refractivity contribution in [1.82, 2.24) is 14.9 Å². The lowest BCUT2D eigenvalue weighted by Crippen LogP contribution is -2.42. The van der Waals surface area contributed by atoms with Crippen molar-refractivity contribution >= 4 is 5.91 Å². The van der Waals surface area contributed by atoms with E-state index in [1.807, 2.05) is 30.5 Å². The molecular weight excluding hydrogens is 338 g/mol. The maximum Gasteiger partial charge on any atom is 0.225 e. The molecule has 1 aliphatic heterocycles. The fourth-order valence-electron chi connectivity index (χ4n) is 4.35. The molecule has 0 bridgehead atoms. The van der Waals surface area contributed by atoms with Crippen LogP contribution in [0.25, 0.3) is 11.3 Å². The minimum Gasteiger partial charge on any atom is -0.497 e. The van der Waals surface area contributed by atoms with Gasteiger partial charge in [-0.05, 0) is 37.8 Å². The van der Waals surface area contributed by atoms with Crippen LogP contribution >= 0.6 is 0 Å². The Labute approximate surface area is 160 Å². The molecule has 2 aliphatic rings.